The molecule has 0 fully saturated rings. The monoisotopic (exact) mass is 350 g/mol. The Morgan fingerprint density at radius 3 is 2.48 bits per heavy atom. The number of carbonyl (C=O) groups excluding carboxylic acids is 1. The number of benzene rings is 2. The van der Waals surface area contributed by atoms with Crippen LogP contribution in [0, 0.1) is 5.82 Å². The molecule has 0 aliphatic carbocycles. The fraction of sp³-hybridized carbons (Fsp3) is 0.188. The van der Waals surface area contributed by atoms with E-state index in [-0.39, 0.29) is 5.56 Å². The Bertz CT molecular complexity index is 641. The molecule has 0 heterocycles. The Hall–Kier alpha value is -1.88. The first-order valence-corrected chi connectivity index (χ1v) is 7.26. The van der Waals surface area contributed by atoms with Gasteiger partial charge in [0, 0.05) is 30.8 Å². The summed E-state index contributed by atoms with van der Waals surface area (Å²) in [6, 6.07) is 12.1. The van der Waals surface area contributed by atoms with Crippen molar-refractivity contribution in [3.8, 4) is 0 Å². The van der Waals surface area contributed by atoms with Gasteiger partial charge in [-0.2, -0.15) is 0 Å². The summed E-state index contributed by atoms with van der Waals surface area (Å²) in [6.07, 6.45) is 0. The fourth-order valence-electron chi connectivity index (χ4n) is 1.86. The molecule has 0 aliphatic rings. The Morgan fingerprint density at radius 1 is 1.19 bits per heavy atom. The van der Waals surface area contributed by atoms with E-state index in [0.717, 1.165) is 11.3 Å². The molecule has 2 aromatic rings. The largest absolute Gasteiger partial charge is 0.378 e. The molecule has 0 saturated carbocycles. The number of carbonyl (C=O) groups is 1. The van der Waals surface area contributed by atoms with Gasteiger partial charge in [0.2, 0.25) is 0 Å². The number of hydrogen-bond acceptors (Lipinski definition) is 2. The number of rotatable bonds is 4. The highest BCUT2D eigenvalue weighted by Gasteiger charge is 2.11. The second-order valence-corrected chi connectivity index (χ2v) is 5.78. The van der Waals surface area contributed by atoms with Crippen LogP contribution in [0.2, 0.25) is 0 Å². The number of anilines is 1. The minimum Gasteiger partial charge on any atom is -0.378 e. The van der Waals surface area contributed by atoms with Crippen LogP contribution in [0.4, 0.5) is 10.1 Å². The maximum absolute atomic E-state index is 13.6. The SMILES string of the molecule is CN(C)c1ccc(CNC(=O)c2cc(Br)ccc2F)cc1. The van der Waals surface area contributed by atoms with Crippen LogP contribution in [0.5, 0.6) is 0 Å². The number of amides is 1. The number of nitrogens with zero attached hydrogens (tertiary/aromatic N) is 1. The Morgan fingerprint density at radius 2 is 1.86 bits per heavy atom. The molecule has 1 amide bonds. The molecule has 2 rings (SSSR count). The molecule has 0 bridgehead atoms. The summed E-state index contributed by atoms with van der Waals surface area (Å²) < 4.78 is 14.3. The molecule has 2 aromatic carbocycles. The Balaban J connectivity index is 2.02. The van der Waals surface area contributed by atoms with Crippen molar-refractivity contribution < 1.29 is 9.18 Å². The van der Waals surface area contributed by atoms with Crippen LogP contribution in [-0.2, 0) is 6.54 Å². The summed E-state index contributed by atoms with van der Waals surface area (Å²) in [4.78, 5) is 14.0. The van der Waals surface area contributed by atoms with E-state index in [9.17, 15) is 9.18 Å². The minimum absolute atomic E-state index is 0.0364. The van der Waals surface area contributed by atoms with Gasteiger partial charge in [-0.25, -0.2) is 4.39 Å². The van der Waals surface area contributed by atoms with Gasteiger partial charge in [-0.1, -0.05) is 28.1 Å². The lowest BCUT2D eigenvalue weighted by Gasteiger charge is -2.13. The third-order valence-electron chi connectivity index (χ3n) is 3.08. The van der Waals surface area contributed by atoms with E-state index >= 15 is 0 Å². The molecule has 5 heteroatoms. The summed E-state index contributed by atoms with van der Waals surface area (Å²) in [7, 11) is 3.93. The van der Waals surface area contributed by atoms with Crippen LogP contribution in [0.15, 0.2) is 46.9 Å². The second kappa shape index (κ2) is 6.72. The highest BCUT2D eigenvalue weighted by atomic mass is 79.9. The average molecular weight is 351 g/mol. The normalized spacial score (nSPS) is 10.3. The zero-order chi connectivity index (χ0) is 15.4. The van der Waals surface area contributed by atoms with Gasteiger partial charge in [0.1, 0.15) is 5.82 Å². The molecular weight excluding hydrogens is 335 g/mol. The zero-order valence-corrected chi connectivity index (χ0v) is 13.4. The minimum atomic E-state index is -0.529. The van der Waals surface area contributed by atoms with Crippen molar-refractivity contribution in [2.24, 2.45) is 0 Å². The van der Waals surface area contributed by atoms with Gasteiger partial charge in [0.15, 0.2) is 0 Å². The van der Waals surface area contributed by atoms with Gasteiger partial charge in [-0.05, 0) is 35.9 Å². The third-order valence-corrected chi connectivity index (χ3v) is 3.57. The second-order valence-electron chi connectivity index (χ2n) is 4.87. The molecule has 21 heavy (non-hydrogen) atoms. The summed E-state index contributed by atoms with van der Waals surface area (Å²) in [5, 5.41) is 2.72. The van der Waals surface area contributed by atoms with E-state index in [2.05, 4.69) is 21.2 Å². The van der Waals surface area contributed by atoms with E-state index in [1.165, 1.54) is 12.1 Å². The first-order valence-electron chi connectivity index (χ1n) is 6.47. The molecule has 0 radical (unpaired) electrons. The Kier molecular flexibility index (Phi) is 4.96. The fourth-order valence-corrected chi connectivity index (χ4v) is 2.22. The predicted octanol–water partition coefficient (Wildman–Crippen LogP) is 3.58. The Labute approximate surface area is 131 Å². The highest BCUT2D eigenvalue weighted by Crippen LogP contribution is 2.16. The molecule has 0 spiro atoms. The smallest absolute Gasteiger partial charge is 0.254 e. The van der Waals surface area contributed by atoms with Gasteiger partial charge in [-0.15, -0.1) is 0 Å². The van der Waals surface area contributed by atoms with Crippen molar-refractivity contribution in [3.05, 3.63) is 63.9 Å². The van der Waals surface area contributed by atoms with Gasteiger partial charge in [-0.3, -0.25) is 4.79 Å². The topological polar surface area (TPSA) is 32.3 Å². The van der Waals surface area contributed by atoms with Crippen LogP contribution in [0.3, 0.4) is 0 Å². The third kappa shape index (κ3) is 4.04. The van der Waals surface area contributed by atoms with Gasteiger partial charge in [0.25, 0.3) is 5.91 Å². The molecule has 0 unspecified atom stereocenters. The molecule has 0 atom stereocenters. The number of hydrogen-bond donors (Lipinski definition) is 1. The zero-order valence-electron chi connectivity index (χ0n) is 11.9. The van der Waals surface area contributed by atoms with Crippen molar-refractivity contribution >= 4 is 27.5 Å². The van der Waals surface area contributed by atoms with E-state index in [4.69, 9.17) is 0 Å². The maximum Gasteiger partial charge on any atom is 0.254 e. The summed E-state index contributed by atoms with van der Waals surface area (Å²) in [6.45, 7) is 0.360. The lowest BCUT2D eigenvalue weighted by molar-refractivity contribution is 0.0947. The maximum atomic E-state index is 13.6. The standard InChI is InChI=1S/C16H16BrFN2O/c1-20(2)13-6-3-11(4-7-13)10-19-16(21)14-9-12(17)5-8-15(14)18/h3-9H,10H2,1-2H3,(H,19,21). The molecule has 110 valence electrons. The summed E-state index contributed by atoms with van der Waals surface area (Å²) in [5.74, 6) is -0.954. The summed E-state index contributed by atoms with van der Waals surface area (Å²) in [5.41, 5.74) is 2.08. The number of halogens is 2. The number of nitrogens with one attached hydrogen (secondary N) is 1. The van der Waals surface area contributed by atoms with Crippen molar-refractivity contribution in [1.29, 1.82) is 0 Å². The molecular formula is C16H16BrFN2O. The van der Waals surface area contributed by atoms with Crippen LogP contribution in [0.25, 0.3) is 0 Å². The quantitative estimate of drug-likeness (QED) is 0.913. The first kappa shape index (κ1) is 15.5. The molecule has 0 aliphatic heterocycles. The van der Waals surface area contributed by atoms with Gasteiger partial charge in [0.05, 0.1) is 5.56 Å². The molecule has 1 N–H and O–H groups in total. The van der Waals surface area contributed by atoms with Crippen molar-refractivity contribution in [2.45, 2.75) is 6.54 Å². The van der Waals surface area contributed by atoms with Crippen LogP contribution in [0.1, 0.15) is 15.9 Å². The van der Waals surface area contributed by atoms with Crippen molar-refractivity contribution in [1.82, 2.24) is 5.32 Å². The lowest BCUT2D eigenvalue weighted by Crippen LogP contribution is -2.23. The van der Waals surface area contributed by atoms with Gasteiger partial charge < -0.3 is 10.2 Å². The van der Waals surface area contributed by atoms with Crippen molar-refractivity contribution in [3.63, 3.8) is 0 Å². The molecule has 0 saturated heterocycles. The average Bonchev–Trinajstić information content (AvgIpc) is 2.47. The first-order chi connectivity index (χ1) is 9.97. The van der Waals surface area contributed by atoms with Crippen molar-refractivity contribution in [2.75, 3.05) is 19.0 Å². The van der Waals surface area contributed by atoms with E-state index < -0.39 is 11.7 Å². The van der Waals surface area contributed by atoms with Crippen LogP contribution in [-0.4, -0.2) is 20.0 Å². The summed E-state index contributed by atoms with van der Waals surface area (Å²) >= 11 is 3.23. The highest BCUT2D eigenvalue weighted by molar-refractivity contribution is 9.10. The molecule has 0 aromatic heterocycles. The lowest BCUT2D eigenvalue weighted by atomic mass is 10.1. The van der Waals surface area contributed by atoms with E-state index in [1.54, 1.807) is 6.07 Å². The van der Waals surface area contributed by atoms with E-state index in [1.807, 2.05) is 43.3 Å². The van der Waals surface area contributed by atoms with E-state index in [0.29, 0.717) is 11.0 Å². The van der Waals surface area contributed by atoms with Crippen LogP contribution < -0.4 is 10.2 Å². The molecule has 3 nitrogen and oxygen atoms in total. The van der Waals surface area contributed by atoms with Gasteiger partial charge >= 0.3 is 0 Å². The van der Waals surface area contributed by atoms with Crippen LogP contribution >= 0.6 is 15.9 Å². The predicted molar refractivity (Wildman–Crippen MR) is 86.0 cm³/mol.